The number of hydrogen-bond donors (Lipinski definition) is 1. The Morgan fingerprint density at radius 2 is 2.19 bits per heavy atom. The van der Waals surface area contributed by atoms with E-state index in [1.165, 1.54) is 6.20 Å². The molecule has 0 unspecified atom stereocenters. The number of rotatable bonds is 3. The predicted octanol–water partition coefficient (Wildman–Crippen LogP) is -0.0437. The Bertz CT molecular complexity index is 500. The zero-order valence-electron chi connectivity index (χ0n) is 8.37. The molecule has 16 heavy (non-hydrogen) atoms. The number of carbonyl (C=O) groups excluding carboxylic acids is 1. The van der Waals surface area contributed by atoms with Gasteiger partial charge in [-0.05, 0) is 11.6 Å². The second-order valence-corrected chi connectivity index (χ2v) is 3.14. The molecule has 6 heteroatoms. The van der Waals surface area contributed by atoms with Gasteiger partial charge >= 0.3 is 0 Å². The van der Waals surface area contributed by atoms with Crippen molar-refractivity contribution >= 4 is 5.91 Å². The van der Waals surface area contributed by atoms with Crippen LogP contribution in [0.2, 0.25) is 0 Å². The van der Waals surface area contributed by atoms with E-state index in [9.17, 15) is 4.79 Å². The maximum absolute atomic E-state index is 11.1. The number of hydrogen-bond acceptors (Lipinski definition) is 5. The quantitative estimate of drug-likeness (QED) is 0.774. The van der Waals surface area contributed by atoms with E-state index in [4.69, 9.17) is 5.73 Å². The minimum absolute atomic E-state index is 0.174. The zero-order valence-corrected chi connectivity index (χ0v) is 8.37. The number of carbonyl (C=O) groups is 1. The van der Waals surface area contributed by atoms with Crippen LogP contribution in [-0.4, -0.2) is 26.1 Å². The molecule has 0 radical (unpaired) electrons. The van der Waals surface area contributed by atoms with Crippen LogP contribution in [0.1, 0.15) is 21.7 Å². The van der Waals surface area contributed by atoms with Gasteiger partial charge in [-0.25, -0.2) is 0 Å². The molecule has 0 saturated heterocycles. The number of nitrogens with zero attached hydrogens (tertiary/aromatic N) is 4. The molecule has 6 nitrogen and oxygen atoms in total. The first-order valence-electron chi connectivity index (χ1n) is 4.62. The summed E-state index contributed by atoms with van der Waals surface area (Å²) < 4.78 is 0. The molecule has 1 amide bonds. The van der Waals surface area contributed by atoms with Crippen LogP contribution in [-0.2, 0) is 6.42 Å². The zero-order chi connectivity index (χ0) is 11.4. The molecular weight excluding hydrogens is 206 g/mol. The van der Waals surface area contributed by atoms with Crippen LogP contribution >= 0.6 is 0 Å². The van der Waals surface area contributed by atoms with Crippen LogP contribution in [0.25, 0.3) is 0 Å². The third-order valence-corrected chi connectivity index (χ3v) is 2.03. The van der Waals surface area contributed by atoms with Gasteiger partial charge < -0.3 is 5.73 Å². The van der Waals surface area contributed by atoms with Crippen LogP contribution in [0.15, 0.2) is 30.9 Å². The summed E-state index contributed by atoms with van der Waals surface area (Å²) in [7, 11) is 0. The Hall–Kier alpha value is -2.37. The molecule has 0 atom stereocenters. The summed E-state index contributed by atoms with van der Waals surface area (Å²) >= 11 is 0. The van der Waals surface area contributed by atoms with Gasteiger partial charge in [0, 0.05) is 31.2 Å². The highest BCUT2D eigenvalue weighted by atomic mass is 16.1. The molecule has 2 aromatic rings. The third kappa shape index (κ3) is 2.17. The van der Waals surface area contributed by atoms with Crippen LogP contribution in [0.3, 0.4) is 0 Å². The molecule has 0 saturated carbocycles. The van der Waals surface area contributed by atoms with Crippen molar-refractivity contribution in [2.45, 2.75) is 6.42 Å². The van der Waals surface area contributed by atoms with E-state index in [1.807, 2.05) is 0 Å². The van der Waals surface area contributed by atoms with Crippen molar-refractivity contribution in [2.75, 3.05) is 0 Å². The monoisotopic (exact) mass is 215 g/mol. The molecule has 2 heterocycles. The summed E-state index contributed by atoms with van der Waals surface area (Å²) in [5, 5.41) is 7.32. The molecule has 0 bridgehead atoms. The topological polar surface area (TPSA) is 94.7 Å². The van der Waals surface area contributed by atoms with Gasteiger partial charge in [-0.1, -0.05) is 0 Å². The molecule has 0 fully saturated rings. The lowest BCUT2D eigenvalue weighted by molar-refractivity contribution is 0.0993. The molecular formula is C10H9N5O. The smallest absolute Gasteiger partial charge is 0.269 e. The van der Waals surface area contributed by atoms with E-state index < -0.39 is 5.91 Å². The van der Waals surface area contributed by atoms with Gasteiger partial charge in [0.1, 0.15) is 0 Å². The van der Waals surface area contributed by atoms with Crippen LogP contribution in [0, 0.1) is 0 Å². The first kappa shape index (κ1) is 10.2. The summed E-state index contributed by atoms with van der Waals surface area (Å²) in [6, 6.07) is 1.70. The SMILES string of the molecule is NC(=O)c1nnccc1Cc1cnccn1. The second-order valence-electron chi connectivity index (χ2n) is 3.14. The summed E-state index contributed by atoms with van der Waals surface area (Å²) in [5.74, 6) is -0.591. The molecule has 2 rings (SSSR count). The van der Waals surface area contributed by atoms with Gasteiger partial charge in [-0.15, -0.1) is 5.10 Å². The van der Waals surface area contributed by atoms with E-state index >= 15 is 0 Å². The lowest BCUT2D eigenvalue weighted by Gasteiger charge is -2.03. The standard InChI is InChI=1S/C10H9N5O/c11-10(16)9-7(1-2-14-15-9)5-8-6-12-3-4-13-8/h1-4,6H,5H2,(H2,11,16). The summed E-state index contributed by atoms with van der Waals surface area (Å²) in [4.78, 5) is 19.1. The number of aromatic nitrogens is 4. The predicted molar refractivity (Wildman–Crippen MR) is 55.4 cm³/mol. The fraction of sp³-hybridized carbons (Fsp3) is 0.100. The molecule has 2 N–H and O–H groups in total. The van der Waals surface area contributed by atoms with Crippen LogP contribution in [0.4, 0.5) is 0 Å². The maximum atomic E-state index is 11.1. The summed E-state index contributed by atoms with van der Waals surface area (Å²) in [6.45, 7) is 0. The third-order valence-electron chi connectivity index (χ3n) is 2.03. The molecule has 0 aliphatic rings. The Balaban J connectivity index is 2.31. The lowest BCUT2D eigenvalue weighted by Crippen LogP contribution is -2.17. The summed E-state index contributed by atoms with van der Waals surface area (Å²) in [5.41, 5.74) is 6.81. The molecule has 0 aliphatic heterocycles. The molecule has 2 aromatic heterocycles. The van der Waals surface area contributed by atoms with Crippen molar-refractivity contribution in [3.63, 3.8) is 0 Å². The van der Waals surface area contributed by atoms with Gasteiger partial charge in [0.15, 0.2) is 5.69 Å². The fourth-order valence-electron chi connectivity index (χ4n) is 1.32. The number of primary amides is 1. The van der Waals surface area contributed by atoms with Crippen molar-refractivity contribution < 1.29 is 4.79 Å². The van der Waals surface area contributed by atoms with Crippen molar-refractivity contribution in [1.82, 2.24) is 20.2 Å². The maximum Gasteiger partial charge on any atom is 0.269 e. The molecule has 0 aliphatic carbocycles. The lowest BCUT2D eigenvalue weighted by atomic mass is 10.1. The Kier molecular flexibility index (Phi) is 2.81. The first-order chi connectivity index (χ1) is 7.77. The highest BCUT2D eigenvalue weighted by molar-refractivity contribution is 5.92. The van der Waals surface area contributed by atoms with E-state index in [0.717, 1.165) is 5.69 Å². The highest BCUT2D eigenvalue weighted by Gasteiger charge is 2.10. The normalized spacial score (nSPS) is 10.0. The van der Waals surface area contributed by atoms with Gasteiger partial charge in [0.25, 0.3) is 5.91 Å². The van der Waals surface area contributed by atoms with Gasteiger partial charge in [-0.3, -0.25) is 14.8 Å². The van der Waals surface area contributed by atoms with Crippen molar-refractivity contribution in [1.29, 1.82) is 0 Å². The average Bonchev–Trinajstić information content (AvgIpc) is 2.31. The van der Waals surface area contributed by atoms with E-state index in [-0.39, 0.29) is 5.69 Å². The molecule has 80 valence electrons. The minimum atomic E-state index is -0.591. The Morgan fingerprint density at radius 3 is 2.88 bits per heavy atom. The van der Waals surface area contributed by atoms with Crippen LogP contribution < -0.4 is 5.73 Å². The number of nitrogens with two attached hydrogens (primary N) is 1. The van der Waals surface area contributed by atoms with E-state index in [0.29, 0.717) is 12.0 Å². The van der Waals surface area contributed by atoms with Crippen molar-refractivity contribution in [3.8, 4) is 0 Å². The van der Waals surface area contributed by atoms with Crippen molar-refractivity contribution in [2.24, 2.45) is 5.73 Å². The van der Waals surface area contributed by atoms with Gasteiger partial charge in [0.05, 0.1) is 5.69 Å². The molecule has 0 spiro atoms. The minimum Gasteiger partial charge on any atom is -0.364 e. The summed E-state index contributed by atoms with van der Waals surface area (Å²) in [6.07, 6.45) is 6.78. The number of amides is 1. The van der Waals surface area contributed by atoms with Crippen LogP contribution in [0.5, 0.6) is 0 Å². The fourth-order valence-corrected chi connectivity index (χ4v) is 1.32. The Labute approximate surface area is 91.6 Å². The van der Waals surface area contributed by atoms with E-state index in [1.54, 1.807) is 24.7 Å². The molecule has 0 aromatic carbocycles. The van der Waals surface area contributed by atoms with Gasteiger partial charge in [0.2, 0.25) is 0 Å². The van der Waals surface area contributed by atoms with Gasteiger partial charge in [-0.2, -0.15) is 5.10 Å². The van der Waals surface area contributed by atoms with E-state index in [2.05, 4.69) is 20.2 Å². The second kappa shape index (κ2) is 4.43. The Morgan fingerprint density at radius 1 is 1.31 bits per heavy atom. The first-order valence-corrected chi connectivity index (χ1v) is 4.62. The highest BCUT2D eigenvalue weighted by Crippen LogP contribution is 2.08. The largest absolute Gasteiger partial charge is 0.364 e. The van der Waals surface area contributed by atoms with Crippen molar-refractivity contribution in [3.05, 3.63) is 47.8 Å². The average molecular weight is 215 g/mol.